The summed E-state index contributed by atoms with van der Waals surface area (Å²) in [5, 5.41) is 2.71. The number of hydrogen-bond donors (Lipinski definition) is 0. The van der Waals surface area contributed by atoms with E-state index < -0.39 is 0 Å². The number of aromatic nitrogens is 1. The van der Waals surface area contributed by atoms with Gasteiger partial charge in [-0.2, -0.15) is 0 Å². The zero-order chi connectivity index (χ0) is 40.2. The third-order valence-electron chi connectivity index (χ3n) is 14.3. The number of nitrogens with zero attached hydrogens (tertiary/aromatic N) is 3. The Balaban J connectivity index is 1.27. The quantitative estimate of drug-likeness (QED) is 0.162. The summed E-state index contributed by atoms with van der Waals surface area (Å²) in [7, 11) is 0. The van der Waals surface area contributed by atoms with E-state index in [1.807, 2.05) is 0 Å². The molecule has 0 radical (unpaired) electrons. The lowest BCUT2D eigenvalue weighted by Crippen LogP contribution is -2.69. The highest BCUT2D eigenvalue weighted by atomic mass is 15.2. The summed E-state index contributed by atoms with van der Waals surface area (Å²) in [6, 6.07) is 50.5. The number of hydrogen-bond acceptors (Lipinski definition) is 2. The molecule has 0 unspecified atom stereocenters. The van der Waals surface area contributed by atoms with Crippen LogP contribution in [0.4, 0.5) is 28.4 Å². The van der Waals surface area contributed by atoms with Crippen LogP contribution < -0.4 is 37.0 Å². The molecule has 0 fully saturated rings. The predicted molar refractivity (Wildman–Crippen MR) is 256 cm³/mol. The fourth-order valence-electron chi connectivity index (χ4n) is 11.5. The molecule has 0 aliphatic carbocycles. The van der Waals surface area contributed by atoms with Gasteiger partial charge in [-0.25, -0.2) is 0 Å². The molecule has 0 N–H and O–H groups in total. The van der Waals surface area contributed by atoms with Gasteiger partial charge >= 0.3 is 6.85 Å². The zero-order valence-electron chi connectivity index (χ0n) is 35.4. The van der Waals surface area contributed by atoms with E-state index >= 15 is 0 Å². The first-order valence-electron chi connectivity index (χ1n) is 22.0. The third-order valence-corrected chi connectivity index (χ3v) is 14.3. The second kappa shape index (κ2) is 12.3. The van der Waals surface area contributed by atoms with Crippen LogP contribution >= 0.6 is 0 Å². The van der Waals surface area contributed by atoms with Gasteiger partial charge in [0.1, 0.15) is 0 Å². The highest BCUT2D eigenvalue weighted by Gasteiger charge is 2.52. The normalized spacial score (nSPS) is 14.2. The van der Waals surface area contributed by atoms with Crippen molar-refractivity contribution in [3.8, 4) is 22.3 Å². The van der Waals surface area contributed by atoms with Crippen LogP contribution in [0.1, 0.15) is 95.9 Å². The van der Waals surface area contributed by atoms with Gasteiger partial charge in [0, 0.05) is 67.4 Å². The maximum absolute atomic E-state index is 2.80. The molecular weight excluding hydrogens is 712 g/mol. The molecule has 12 rings (SSSR count). The highest BCUT2D eigenvalue weighted by Crippen LogP contribution is 2.52. The number of rotatable bonds is 5. The molecular formula is C54H49B2N3. The van der Waals surface area contributed by atoms with Crippen molar-refractivity contribution in [3.05, 3.63) is 144 Å². The summed E-state index contributed by atoms with van der Waals surface area (Å²) < 4.78 is 2.57. The van der Waals surface area contributed by atoms with Crippen LogP contribution in [0.3, 0.4) is 0 Å². The highest BCUT2D eigenvalue weighted by molar-refractivity contribution is 7.04. The molecule has 5 heteroatoms. The van der Waals surface area contributed by atoms with Gasteiger partial charge in [0.25, 0.3) is 6.71 Å². The molecule has 59 heavy (non-hydrogen) atoms. The summed E-state index contributed by atoms with van der Waals surface area (Å²) in [6.07, 6.45) is 0. The van der Waals surface area contributed by atoms with E-state index in [0.717, 1.165) is 0 Å². The van der Waals surface area contributed by atoms with E-state index in [-0.39, 0.29) is 13.6 Å². The maximum Gasteiger partial charge on any atom is 0.329 e. The number of fused-ring (bicyclic) bond motifs is 13. The van der Waals surface area contributed by atoms with E-state index in [9.17, 15) is 0 Å². The van der Waals surface area contributed by atoms with E-state index in [1.165, 1.54) is 117 Å². The van der Waals surface area contributed by atoms with Crippen molar-refractivity contribution in [1.82, 2.24) is 4.57 Å². The average molecular weight is 762 g/mol. The second-order valence-electron chi connectivity index (χ2n) is 18.8. The van der Waals surface area contributed by atoms with Crippen LogP contribution in [0.25, 0.3) is 44.1 Å². The minimum atomic E-state index is 0.0380. The van der Waals surface area contributed by atoms with Crippen molar-refractivity contribution in [2.75, 3.05) is 9.71 Å². The van der Waals surface area contributed by atoms with Gasteiger partial charge in [0.05, 0.1) is 0 Å². The summed E-state index contributed by atoms with van der Waals surface area (Å²) in [5.74, 6) is 1.34. The van der Waals surface area contributed by atoms with Crippen molar-refractivity contribution in [3.63, 3.8) is 0 Å². The molecule has 5 heterocycles. The van der Waals surface area contributed by atoms with Crippen molar-refractivity contribution < 1.29 is 0 Å². The largest absolute Gasteiger partial charge is 0.377 e. The van der Waals surface area contributed by atoms with Crippen LogP contribution in [-0.4, -0.2) is 18.1 Å². The van der Waals surface area contributed by atoms with Gasteiger partial charge < -0.3 is 14.3 Å². The van der Waals surface area contributed by atoms with Gasteiger partial charge in [0.15, 0.2) is 0 Å². The molecule has 0 spiro atoms. The predicted octanol–water partition coefficient (Wildman–Crippen LogP) is 11.3. The first-order valence-corrected chi connectivity index (χ1v) is 22.0. The molecule has 4 aliphatic rings. The Morgan fingerprint density at radius 1 is 0.458 bits per heavy atom. The molecule has 7 aromatic carbocycles. The van der Waals surface area contributed by atoms with Crippen LogP contribution in [0.2, 0.25) is 0 Å². The van der Waals surface area contributed by atoms with E-state index in [1.54, 1.807) is 0 Å². The van der Waals surface area contributed by atoms with Gasteiger partial charge in [0.2, 0.25) is 0 Å². The molecule has 0 amide bonds. The fraction of sp³-hybridized carbons (Fsp3) is 0.222. The maximum atomic E-state index is 2.80. The zero-order valence-corrected chi connectivity index (χ0v) is 35.4. The topological polar surface area (TPSA) is 11.4 Å². The summed E-state index contributed by atoms with van der Waals surface area (Å²) in [5.41, 5.74) is 25.8. The van der Waals surface area contributed by atoms with Crippen molar-refractivity contribution in [2.24, 2.45) is 0 Å². The molecule has 0 saturated heterocycles. The van der Waals surface area contributed by atoms with E-state index in [2.05, 4.69) is 197 Å². The molecule has 0 saturated carbocycles. The van der Waals surface area contributed by atoms with Crippen LogP contribution in [0, 0.1) is 0 Å². The molecule has 0 atom stereocenters. The van der Waals surface area contributed by atoms with Crippen molar-refractivity contribution in [2.45, 2.75) is 79.2 Å². The van der Waals surface area contributed by atoms with Crippen LogP contribution in [0.5, 0.6) is 0 Å². The number of para-hydroxylation sites is 2. The minimum Gasteiger partial charge on any atom is -0.377 e. The molecule has 0 bridgehead atoms. The van der Waals surface area contributed by atoms with Gasteiger partial charge in [-0.15, -0.1) is 0 Å². The average Bonchev–Trinajstić information content (AvgIpc) is 3.59. The van der Waals surface area contributed by atoms with Gasteiger partial charge in [-0.3, -0.25) is 0 Å². The van der Waals surface area contributed by atoms with E-state index in [4.69, 9.17) is 0 Å². The smallest absolute Gasteiger partial charge is 0.329 e. The number of anilines is 5. The monoisotopic (exact) mass is 761 g/mol. The Kier molecular flexibility index (Phi) is 7.31. The van der Waals surface area contributed by atoms with Crippen molar-refractivity contribution in [1.29, 1.82) is 0 Å². The third kappa shape index (κ3) is 4.57. The van der Waals surface area contributed by atoms with Crippen molar-refractivity contribution >= 4 is 91.1 Å². The SMILES string of the molecule is CC(C)c1ccc(N2c3ccc4c5c3B(c3cccc6c3N5B(c3cc(C(C)C)ccc3-6)c3cc(C(C)C)ccc3-4)c3c2ccc2c3c3ccccc3n2C(C)C)cc1. The van der Waals surface area contributed by atoms with Gasteiger partial charge in [-0.05, 0) is 123 Å². The molecule has 8 aromatic rings. The summed E-state index contributed by atoms with van der Waals surface area (Å²) >= 11 is 0. The first-order chi connectivity index (χ1) is 28.6. The Bertz CT molecular complexity index is 3100. The summed E-state index contributed by atoms with van der Waals surface area (Å²) in [4.78, 5) is 5.40. The Labute approximate surface area is 349 Å². The Hall–Kier alpha value is -5.93. The molecule has 286 valence electrons. The van der Waals surface area contributed by atoms with Crippen LogP contribution in [0.15, 0.2) is 127 Å². The standard InChI is InChI=1S/C54H49B2N3/c1-30(2)34-16-20-37(21-17-34)58-48-27-26-47-50(42-12-9-10-15-46(42)57(47)33(7)8)51(48)55-43-14-11-13-40-38-22-18-35(31(3)4)28-44(38)56-45-29-36(32(5)6)19-23-39(45)41-24-25-49(58)52(55)54(41)59(56)53(40)43/h9-33H,1-8H3. The lowest BCUT2D eigenvalue weighted by Gasteiger charge is -2.51. The minimum absolute atomic E-state index is 0.0380. The first kappa shape index (κ1) is 35.1. The second-order valence-corrected chi connectivity index (χ2v) is 18.8. The molecule has 4 aliphatic heterocycles. The molecule has 1 aromatic heterocycles. The van der Waals surface area contributed by atoms with Crippen LogP contribution in [-0.2, 0) is 0 Å². The van der Waals surface area contributed by atoms with Gasteiger partial charge in [-0.1, -0.05) is 133 Å². The number of benzene rings is 7. The fourth-order valence-corrected chi connectivity index (χ4v) is 11.5. The van der Waals surface area contributed by atoms with E-state index in [0.29, 0.717) is 23.8 Å². The lowest BCUT2D eigenvalue weighted by atomic mass is 9.30. The molecule has 3 nitrogen and oxygen atoms in total. The summed E-state index contributed by atoms with van der Waals surface area (Å²) in [6.45, 7) is 18.6. The lowest BCUT2D eigenvalue weighted by molar-refractivity contribution is 0.642. The Morgan fingerprint density at radius 3 is 1.71 bits per heavy atom. The Morgan fingerprint density at radius 2 is 1.05 bits per heavy atom.